The molecular formula is C22H25NO2. The average molecular weight is 335 g/mol. The van der Waals surface area contributed by atoms with Crippen LogP contribution in [0.4, 0.5) is 0 Å². The highest BCUT2D eigenvalue weighted by Gasteiger charge is 2.41. The molecule has 1 atom stereocenters. The molecule has 0 bridgehead atoms. The minimum absolute atomic E-state index is 0.517. The smallest absolute Gasteiger partial charge is 0.119 e. The lowest BCUT2D eigenvalue weighted by Crippen LogP contribution is -2.32. The van der Waals surface area contributed by atoms with Gasteiger partial charge in [-0.1, -0.05) is 49.4 Å². The van der Waals surface area contributed by atoms with Crippen molar-refractivity contribution in [2.45, 2.75) is 45.3 Å². The van der Waals surface area contributed by atoms with Gasteiger partial charge in [-0.05, 0) is 54.9 Å². The average Bonchev–Trinajstić information content (AvgIpc) is 2.68. The molecule has 0 amide bonds. The van der Waals surface area contributed by atoms with Crippen LogP contribution in [0.25, 0.3) is 0 Å². The number of aliphatic hydroxyl groups excluding tert-OH is 1. The van der Waals surface area contributed by atoms with Crippen LogP contribution in [0, 0.1) is 22.7 Å². The van der Waals surface area contributed by atoms with E-state index in [2.05, 4.69) is 13.0 Å². The summed E-state index contributed by atoms with van der Waals surface area (Å²) in [5, 5.41) is 20.5. The summed E-state index contributed by atoms with van der Waals surface area (Å²) in [7, 11) is 0. The Labute approximate surface area is 149 Å². The van der Waals surface area contributed by atoms with Gasteiger partial charge in [-0.3, -0.25) is 0 Å². The second-order valence-electron chi connectivity index (χ2n) is 7.20. The fourth-order valence-electron chi connectivity index (χ4n) is 3.53. The number of nitriles is 1. The predicted octanol–water partition coefficient (Wildman–Crippen LogP) is 5.02. The normalized spacial score (nSPS) is 24.3. The number of rotatable bonds is 5. The molecule has 3 nitrogen and oxygen atoms in total. The van der Waals surface area contributed by atoms with E-state index in [1.807, 2.05) is 54.6 Å². The first-order valence-electron chi connectivity index (χ1n) is 8.99. The molecule has 0 spiro atoms. The molecule has 3 rings (SSSR count). The van der Waals surface area contributed by atoms with Crippen molar-refractivity contribution in [2.24, 2.45) is 11.3 Å². The maximum absolute atomic E-state index is 10.8. The van der Waals surface area contributed by atoms with Crippen molar-refractivity contribution in [2.75, 3.05) is 0 Å². The Morgan fingerprint density at radius 3 is 2.36 bits per heavy atom. The summed E-state index contributed by atoms with van der Waals surface area (Å²) < 4.78 is 5.79. The van der Waals surface area contributed by atoms with Gasteiger partial charge in [0.25, 0.3) is 0 Å². The quantitative estimate of drug-likeness (QED) is 0.835. The van der Waals surface area contributed by atoms with Crippen LogP contribution in [0.2, 0.25) is 0 Å². The molecule has 1 unspecified atom stereocenters. The molecule has 25 heavy (non-hydrogen) atoms. The van der Waals surface area contributed by atoms with Crippen LogP contribution in [0.5, 0.6) is 5.75 Å². The number of nitrogens with zero attached hydrogens (tertiary/aromatic N) is 1. The van der Waals surface area contributed by atoms with Gasteiger partial charge in [0.2, 0.25) is 0 Å². The van der Waals surface area contributed by atoms with Crippen LogP contribution in [-0.4, -0.2) is 5.11 Å². The highest BCUT2D eigenvalue weighted by atomic mass is 16.5. The van der Waals surface area contributed by atoms with Gasteiger partial charge in [-0.25, -0.2) is 0 Å². The highest BCUT2D eigenvalue weighted by Crippen LogP contribution is 2.47. The van der Waals surface area contributed by atoms with Gasteiger partial charge in [0.1, 0.15) is 12.4 Å². The largest absolute Gasteiger partial charge is 0.489 e. The van der Waals surface area contributed by atoms with Crippen LogP contribution in [-0.2, 0) is 6.61 Å². The van der Waals surface area contributed by atoms with E-state index in [-0.39, 0.29) is 0 Å². The van der Waals surface area contributed by atoms with Crippen molar-refractivity contribution in [1.29, 1.82) is 5.26 Å². The van der Waals surface area contributed by atoms with Crippen LogP contribution in [0.15, 0.2) is 54.6 Å². The zero-order chi connectivity index (χ0) is 17.7. The van der Waals surface area contributed by atoms with Gasteiger partial charge in [-0.2, -0.15) is 5.26 Å². The topological polar surface area (TPSA) is 53.2 Å². The zero-order valence-electron chi connectivity index (χ0n) is 14.7. The summed E-state index contributed by atoms with van der Waals surface area (Å²) in [5.74, 6) is 1.41. The van der Waals surface area contributed by atoms with Crippen molar-refractivity contribution in [3.05, 3.63) is 65.7 Å². The molecule has 1 aliphatic rings. The zero-order valence-corrected chi connectivity index (χ0v) is 14.7. The van der Waals surface area contributed by atoms with E-state index in [1.54, 1.807) is 0 Å². The lowest BCUT2D eigenvalue weighted by Gasteiger charge is -2.37. The summed E-state index contributed by atoms with van der Waals surface area (Å²) in [6.07, 6.45) is 2.79. The molecule has 1 saturated carbocycles. The monoisotopic (exact) mass is 335 g/mol. The van der Waals surface area contributed by atoms with Crippen LogP contribution < -0.4 is 4.74 Å². The Morgan fingerprint density at radius 1 is 1.12 bits per heavy atom. The van der Waals surface area contributed by atoms with Crippen molar-refractivity contribution >= 4 is 0 Å². The van der Waals surface area contributed by atoms with Crippen molar-refractivity contribution in [1.82, 2.24) is 0 Å². The summed E-state index contributed by atoms with van der Waals surface area (Å²) >= 11 is 0. The fourth-order valence-corrected chi connectivity index (χ4v) is 3.53. The first kappa shape index (κ1) is 17.5. The van der Waals surface area contributed by atoms with Crippen LogP contribution >= 0.6 is 0 Å². The number of hydrogen-bond donors (Lipinski definition) is 1. The molecule has 2 aromatic rings. The maximum atomic E-state index is 10.8. The molecule has 1 aliphatic carbocycles. The summed E-state index contributed by atoms with van der Waals surface area (Å²) in [5.41, 5.74) is 1.26. The fraction of sp³-hybridized carbons (Fsp3) is 0.409. The molecule has 2 aromatic carbocycles. The van der Waals surface area contributed by atoms with Gasteiger partial charge < -0.3 is 9.84 Å². The van der Waals surface area contributed by atoms with Gasteiger partial charge in [0.05, 0.1) is 17.6 Å². The van der Waals surface area contributed by atoms with Gasteiger partial charge in [-0.15, -0.1) is 0 Å². The lowest BCUT2D eigenvalue weighted by molar-refractivity contribution is 0.0266. The molecule has 0 heterocycles. The molecule has 0 radical (unpaired) electrons. The van der Waals surface area contributed by atoms with E-state index in [9.17, 15) is 10.4 Å². The number of hydrogen-bond acceptors (Lipinski definition) is 3. The Bertz CT molecular complexity index is 710. The Morgan fingerprint density at radius 2 is 1.76 bits per heavy atom. The molecular weight excluding hydrogens is 310 g/mol. The first-order chi connectivity index (χ1) is 12.1. The first-order valence-corrected chi connectivity index (χ1v) is 8.99. The van der Waals surface area contributed by atoms with Gasteiger partial charge >= 0.3 is 0 Å². The third-order valence-corrected chi connectivity index (χ3v) is 5.36. The summed E-state index contributed by atoms with van der Waals surface area (Å²) in [6, 6.07) is 19.9. The third kappa shape index (κ3) is 4.03. The molecule has 0 aromatic heterocycles. The Balaban J connectivity index is 1.66. The van der Waals surface area contributed by atoms with E-state index >= 15 is 0 Å². The van der Waals surface area contributed by atoms with E-state index in [0.717, 1.165) is 42.6 Å². The van der Waals surface area contributed by atoms with Gasteiger partial charge in [0.15, 0.2) is 0 Å². The number of aliphatic hydroxyl groups is 1. The second-order valence-corrected chi connectivity index (χ2v) is 7.20. The van der Waals surface area contributed by atoms with E-state index in [0.29, 0.717) is 12.5 Å². The van der Waals surface area contributed by atoms with Crippen LogP contribution in [0.3, 0.4) is 0 Å². The molecule has 1 fully saturated rings. The highest BCUT2D eigenvalue weighted by molar-refractivity contribution is 5.31. The SMILES string of the molecule is CC1CCC(C#N)(C(O)c2ccc(OCc3ccccc3)cc2)CC1. The van der Waals surface area contributed by atoms with Crippen molar-refractivity contribution < 1.29 is 9.84 Å². The Kier molecular flexibility index (Phi) is 5.40. The lowest BCUT2D eigenvalue weighted by atomic mass is 9.67. The Hall–Kier alpha value is -2.31. The summed E-state index contributed by atoms with van der Waals surface area (Å²) in [4.78, 5) is 0. The molecule has 0 aliphatic heterocycles. The van der Waals surface area contributed by atoms with E-state index in [1.165, 1.54) is 0 Å². The molecule has 130 valence electrons. The number of ether oxygens (including phenoxy) is 1. The molecule has 3 heteroatoms. The standard InChI is InChI=1S/C22H25NO2/c1-17-11-13-22(16-23,14-12-17)21(24)19-7-9-20(10-8-19)25-15-18-5-3-2-4-6-18/h2-10,17,21,24H,11-15H2,1H3. The third-order valence-electron chi connectivity index (χ3n) is 5.36. The van der Waals surface area contributed by atoms with Crippen LogP contribution in [0.1, 0.15) is 49.8 Å². The van der Waals surface area contributed by atoms with E-state index in [4.69, 9.17) is 4.74 Å². The molecule has 1 N–H and O–H groups in total. The summed E-state index contributed by atoms with van der Waals surface area (Å²) in [6.45, 7) is 2.73. The minimum atomic E-state index is -0.742. The minimum Gasteiger partial charge on any atom is -0.489 e. The molecule has 0 saturated heterocycles. The predicted molar refractivity (Wildman–Crippen MR) is 97.9 cm³/mol. The van der Waals surface area contributed by atoms with E-state index < -0.39 is 11.5 Å². The van der Waals surface area contributed by atoms with Gasteiger partial charge in [0, 0.05) is 0 Å². The van der Waals surface area contributed by atoms with Crippen molar-refractivity contribution in [3.8, 4) is 11.8 Å². The van der Waals surface area contributed by atoms with Crippen molar-refractivity contribution in [3.63, 3.8) is 0 Å². The number of benzene rings is 2. The maximum Gasteiger partial charge on any atom is 0.119 e. The second kappa shape index (κ2) is 7.72.